The third-order valence-electron chi connectivity index (χ3n) is 5.30. The largest absolute Gasteiger partial charge is 0.395 e. The topological polar surface area (TPSA) is 26.7 Å². The lowest BCUT2D eigenvalue weighted by Gasteiger charge is -2.34. The highest BCUT2D eigenvalue weighted by Gasteiger charge is 2.21. The summed E-state index contributed by atoms with van der Waals surface area (Å²) in [7, 11) is 0. The van der Waals surface area contributed by atoms with E-state index in [-0.39, 0.29) is 43.8 Å². The van der Waals surface area contributed by atoms with E-state index in [4.69, 9.17) is 16.7 Å². The second-order valence-electron chi connectivity index (χ2n) is 7.05. The van der Waals surface area contributed by atoms with Crippen molar-refractivity contribution in [1.82, 2.24) is 9.80 Å². The summed E-state index contributed by atoms with van der Waals surface area (Å²) in [6.45, 7) is 6.39. The minimum atomic E-state index is 0. The fraction of sp³-hybridized carbons (Fsp3) is 0.364. The number of piperazine rings is 1. The summed E-state index contributed by atoms with van der Waals surface area (Å²) in [5, 5.41) is 9.87. The molecule has 2 aliphatic heterocycles. The van der Waals surface area contributed by atoms with Crippen LogP contribution in [-0.2, 0) is 0 Å². The zero-order valence-electron chi connectivity index (χ0n) is 16.6. The van der Waals surface area contributed by atoms with E-state index in [1.165, 1.54) is 26.5 Å². The molecule has 0 aromatic heterocycles. The average Bonchev–Trinajstić information content (AvgIpc) is 2.69. The summed E-state index contributed by atoms with van der Waals surface area (Å²) in [5.41, 5.74) is 3.87. The zero-order valence-corrected chi connectivity index (χ0v) is 20.7. The summed E-state index contributed by atoms with van der Waals surface area (Å²) >= 11 is 8.12. The Morgan fingerprint density at radius 2 is 1.50 bits per heavy atom. The van der Waals surface area contributed by atoms with Crippen molar-refractivity contribution in [3.05, 3.63) is 64.7 Å². The molecule has 166 valence electrons. The van der Waals surface area contributed by atoms with Crippen molar-refractivity contribution in [3.63, 3.8) is 0 Å². The van der Waals surface area contributed by atoms with Gasteiger partial charge >= 0.3 is 0 Å². The van der Waals surface area contributed by atoms with Gasteiger partial charge in [0.25, 0.3) is 0 Å². The molecule has 1 fully saturated rings. The van der Waals surface area contributed by atoms with E-state index in [0.717, 1.165) is 50.7 Å². The van der Waals surface area contributed by atoms with E-state index in [9.17, 15) is 0 Å². The van der Waals surface area contributed by atoms with Crippen LogP contribution in [0.25, 0.3) is 5.57 Å². The molecule has 0 radical (unpaired) electrons. The normalized spacial score (nSPS) is 17.2. The molecule has 8 heteroatoms. The van der Waals surface area contributed by atoms with Gasteiger partial charge < -0.3 is 10.0 Å². The number of halogens is 4. The van der Waals surface area contributed by atoms with Gasteiger partial charge in [0.1, 0.15) is 0 Å². The molecule has 0 atom stereocenters. The summed E-state index contributed by atoms with van der Waals surface area (Å²) in [5.74, 6) is 0. The lowest BCUT2D eigenvalue weighted by molar-refractivity contribution is 0.114. The highest BCUT2D eigenvalue weighted by molar-refractivity contribution is 7.99. The molecule has 2 heterocycles. The van der Waals surface area contributed by atoms with E-state index < -0.39 is 0 Å². The van der Waals surface area contributed by atoms with Gasteiger partial charge in [0, 0.05) is 54.1 Å². The fourth-order valence-electron chi connectivity index (χ4n) is 3.83. The molecule has 0 saturated carbocycles. The minimum absolute atomic E-state index is 0. The molecule has 2 aliphatic rings. The van der Waals surface area contributed by atoms with Gasteiger partial charge in [-0.3, -0.25) is 4.90 Å². The second-order valence-corrected chi connectivity index (χ2v) is 8.57. The molecule has 0 bridgehead atoms. The van der Waals surface area contributed by atoms with Crippen LogP contribution < -0.4 is 0 Å². The SMILES string of the molecule is Cl.Cl.Cl.OCCN1CCN(CCC=C2c3ccccc3Sc3ccc(Cl)cc32)CC1. The Hall–Kier alpha value is -0.430. The van der Waals surface area contributed by atoms with Gasteiger partial charge in [0.05, 0.1) is 6.61 Å². The van der Waals surface area contributed by atoms with Crippen LogP contribution in [0.2, 0.25) is 5.02 Å². The van der Waals surface area contributed by atoms with Crippen molar-refractivity contribution in [1.29, 1.82) is 0 Å². The smallest absolute Gasteiger partial charge is 0.0558 e. The predicted octanol–water partition coefficient (Wildman–Crippen LogP) is 5.50. The molecular formula is C22H28Cl4N2OS. The van der Waals surface area contributed by atoms with Gasteiger partial charge in [0.15, 0.2) is 0 Å². The third kappa shape index (κ3) is 6.54. The van der Waals surface area contributed by atoms with E-state index in [2.05, 4.69) is 52.3 Å². The maximum absolute atomic E-state index is 9.08. The zero-order chi connectivity index (χ0) is 18.6. The van der Waals surface area contributed by atoms with Crippen molar-refractivity contribution < 1.29 is 5.11 Å². The van der Waals surface area contributed by atoms with Crippen LogP contribution in [0.3, 0.4) is 0 Å². The number of fused-ring (bicyclic) bond motifs is 2. The second kappa shape index (κ2) is 13.2. The van der Waals surface area contributed by atoms with Gasteiger partial charge in [-0.2, -0.15) is 0 Å². The molecule has 1 saturated heterocycles. The number of aliphatic hydroxyl groups is 1. The van der Waals surface area contributed by atoms with Crippen molar-refractivity contribution in [2.24, 2.45) is 0 Å². The first-order valence-electron chi connectivity index (χ1n) is 9.57. The summed E-state index contributed by atoms with van der Waals surface area (Å²) in [6.07, 6.45) is 3.41. The number of nitrogens with zero attached hydrogens (tertiary/aromatic N) is 2. The van der Waals surface area contributed by atoms with Gasteiger partial charge in [0.2, 0.25) is 0 Å². The van der Waals surface area contributed by atoms with Gasteiger partial charge in [-0.1, -0.05) is 47.6 Å². The number of rotatable bonds is 5. The summed E-state index contributed by atoms with van der Waals surface area (Å²) < 4.78 is 0. The number of benzene rings is 2. The highest BCUT2D eigenvalue weighted by Crippen LogP contribution is 2.46. The molecule has 0 unspecified atom stereocenters. The average molecular weight is 510 g/mol. The van der Waals surface area contributed by atoms with Crippen LogP contribution >= 0.6 is 60.6 Å². The Morgan fingerprint density at radius 3 is 2.20 bits per heavy atom. The molecular weight excluding hydrogens is 482 g/mol. The molecule has 0 aliphatic carbocycles. The van der Waals surface area contributed by atoms with Crippen molar-refractivity contribution >= 4 is 66.2 Å². The van der Waals surface area contributed by atoms with Crippen molar-refractivity contribution in [2.75, 3.05) is 45.9 Å². The first-order valence-corrected chi connectivity index (χ1v) is 10.8. The van der Waals surface area contributed by atoms with Crippen LogP contribution in [0, 0.1) is 0 Å². The maximum atomic E-state index is 9.08. The number of hydrogen-bond donors (Lipinski definition) is 1. The molecule has 0 amide bonds. The fourth-order valence-corrected chi connectivity index (χ4v) is 5.09. The quantitative estimate of drug-likeness (QED) is 0.491. The van der Waals surface area contributed by atoms with E-state index in [0.29, 0.717) is 0 Å². The standard InChI is InChI=1S/C22H25ClN2OS.3ClH/c23-17-7-8-22-20(16-17)18(19-4-1-2-6-21(19)27-22)5-3-9-24-10-12-25(13-11-24)14-15-26;;;/h1-2,4-8,16,26H,3,9-15H2;3*1H. The van der Waals surface area contributed by atoms with E-state index >= 15 is 0 Å². The lowest BCUT2D eigenvalue weighted by atomic mass is 9.96. The molecule has 2 aromatic rings. The molecule has 4 rings (SSSR count). The maximum Gasteiger partial charge on any atom is 0.0558 e. The molecule has 2 aromatic carbocycles. The number of hydrogen-bond acceptors (Lipinski definition) is 4. The summed E-state index contributed by atoms with van der Waals surface area (Å²) in [4.78, 5) is 7.45. The number of β-amino-alcohol motifs (C(OH)–C–C–N with tert-alkyl or cyclic N) is 1. The van der Waals surface area contributed by atoms with Crippen molar-refractivity contribution in [3.8, 4) is 0 Å². The molecule has 0 spiro atoms. The summed E-state index contributed by atoms with van der Waals surface area (Å²) in [6, 6.07) is 14.8. The van der Waals surface area contributed by atoms with Crippen LogP contribution in [0.5, 0.6) is 0 Å². The first-order chi connectivity index (χ1) is 13.2. The monoisotopic (exact) mass is 508 g/mol. The van der Waals surface area contributed by atoms with Crippen molar-refractivity contribution in [2.45, 2.75) is 16.2 Å². The number of aliphatic hydroxyl groups excluding tert-OH is 1. The first kappa shape index (κ1) is 27.6. The van der Waals surface area contributed by atoms with Crippen LogP contribution in [0.1, 0.15) is 17.5 Å². The van der Waals surface area contributed by atoms with Crippen LogP contribution in [0.4, 0.5) is 0 Å². The van der Waals surface area contributed by atoms with Gasteiger partial charge in [-0.05, 0) is 47.4 Å². The Balaban J connectivity index is 0.00000150. The van der Waals surface area contributed by atoms with Crippen LogP contribution in [0.15, 0.2) is 58.3 Å². The molecule has 1 N–H and O–H groups in total. The Morgan fingerprint density at radius 1 is 0.867 bits per heavy atom. The molecule has 3 nitrogen and oxygen atoms in total. The Labute approximate surface area is 207 Å². The predicted molar refractivity (Wildman–Crippen MR) is 135 cm³/mol. The van der Waals surface area contributed by atoms with Gasteiger partial charge in [-0.25, -0.2) is 0 Å². The Kier molecular flexibility index (Phi) is 12.1. The third-order valence-corrected chi connectivity index (χ3v) is 6.69. The van der Waals surface area contributed by atoms with Gasteiger partial charge in [-0.15, -0.1) is 37.2 Å². The van der Waals surface area contributed by atoms with E-state index in [1.807, 2.05) is 17.8 Å². The minimum Gasteiger partial charge on any atom is -0.395 e. The van der Waals surface area contributed by atoms with Crippen LogP contribution in [-0.4, -0.2) is 60.8 Å². The highest BCUT2D eigenvalue weighted by atomic mass is 35.5. The molecule has 30 heavy (non-hydrogen) atoms. The van der Waals surface area contributed by atoms with E-state index in [1.54, 1.807) is 0 Å². The lowest BCUT2D eigenvalue weighted by Crippen LogP contribution is -2.47. The Bertz CT molecular complexity index is 842.